The summed E-state index contributed by atoms with van der Waals surface area (Å²) in [5, 5.41) is 10.5. The summed E-state index contributed by atoms with van der Waals surface area (Å²) >= 11 is 5.95. The molecule has 0 radical (unpaired) electrons. The third-order valence-corrected chi connectivity index (χ3v) is 3.70. The summed E-state index contributed by atoms with van der Waals surface area (Å²) in [4.78, 5) is 12.3. The molecule has 1 aromatic heterocycles. The number of aromatic amines is 1. The molecule has 4 nitrogen and oxygen atoms in total. The van der Waals surface area contributed by atoms with Crippen molar-refractivity contribution >= 4 is 23.2 Å². The van der Waals surface area contributed by atoms with Crippen LogP contribution in [0.5, 0.6) is 0 Å². The van der Waals surface area contributed by atoms with E-state index in [0.717, 1.165) is 41.8 Å². The fourth-order valence-corrected chi connectivity index (χ4v) is 2.59. The Hall–Kier alpha value is -1.81. The van der Waals surface area contributed by atoms with Gasteiger partial charge in [-0.3, -0.25) is 9.89 Å². The molecule has 2 aromatic rings. The molecule has 0 saturated carbocycles. The molecule has 0 spiro atoms. The molecular weight excluding hydrogens is 262 g/mol. The van der Waals surface area contributed by atoms with E-state index in [1.54, 1.807) is 12.1 Å². The highest BCUT2D eigenvalue weighted by molar-refractivity contribution is 6.31. The van der Waals surface area contributed by atoms with Crippen LogP contribution in [0.25, 0.3) is 0 Å². The Labute approximate surface area is 116 Å². The molecule has 1 aliphatic carbocycles. The van der Waals surface area contributed by atoms with E-state index in [4.69, 9.17) is 11.6 Å². The zero-order chi connectivity index (χ0) is 13.4. The first-order valence-electron chi connectivity index (χ1n) is 6.29. The number of H-pyrrole nitrogens is 1. The summed E-state index contributed by atoms with van der Waals surface area (Å²) in [6.07, 6.45) is 2.98. The quantitative estimate of drug-likeness (QED) is 0.885. The molecule has 2 N–H and O–H groups in total. The van der Waals surface area contributed by atoms with Crippen molar-refractivity contribution in [2.75, 3.05) is 5.32 Å². The van der Waals surface area contributed by atoms with Gasteiger partial charge in [-0.05, 0) is 43.9 Å². The number of halogens is 1. The SMILES string of the molecule is Cc1ccc(Cl)cc1NC(=O)c1n[nH]c2c1CCC2. The first-order chi connectivity index (χ1) is 9.15. The molecule has 1 aromatic carbocycles. The monoisotopic (exact) mass is 275 g/mol. The van der Waals surface area contributed by atoms with E-state index in [9.17, 15) is 4.79 Å². The van der Waals surface area contributed by atoms with Crippen molar-refractivity contribution in [3.05, 3.63) is 45.7 Å². The van der Waals surface area contributed by atoms with Crippen LogP contribution in [-0.4, -0.2) is 16.1 Å². The van der Waals surface area contributed by atoms with E-state index >= 15 is 0 Å². The Morgan fingerprint density at radius 1 is 1.42 bits per heavy atom. The average molecular weight is 276 g/mol. The molecule has 5 heteroatoms. The summed E-state index contributed by atoms with van der Waals surface area (Å²) in [6, 6.07) is 5.44. The number of fused-ring (bicyclic) bond motifs is 1. The second kappa shape index (κ2) is 4.70. The average Bonchev–Trinajstić information content (AvgIpc) is 2.95. The fraction of sp³-hybridized carbons (Fsp3) is 0.286. The highest BCUT2D eigenvalue weighted by Gasteiger charge is 2.23. The maximum atomic E-state index is 12.3. The van der Waals surface area contributed by atoms with E-state index < -0.39 is 0 Å². The normalized spacial score (nSPS) is 13.4. The van der Waals surface area contributed by atoms with Crippen LogP contribution in [-0.2, 0) is 12.8 Å². The third-order valence-electron chi connectivity index (χ3n) is 3.47. The number of rotatable bonds is 2. The van der Waals surface area contributed by atoms with Gasteiger partial charge in [0.25, 0.3) is 5.91 Å². The van der Waals surface area contributed by atoms with Crippen molar-refractivity contribution in [1.82, 2.24) is 10.2 Å². The first-order valence-corrected chi connectivity index (χ1v) is 6.66. The lowest BCUT2D eigenvalue weighted by molar-refractivity contribution is 0.102. The third kappa shape index (κ3) is 2.24. The topological polar surface area (TPSA) is 57.8 Å². The Morgan fingerprint density at radius 2 is 2.26 bits per heavy atom. The Morgan fingerprint density at radius 3 is 3.11 bits per heavy atom. The highest BCUT2D eigenvalue weighted by atomic mass is 35.5. The van der Waals surface area contributed by atoms with Crippen molar-refractivity contribution in [2.24, 2.45) is 0 Å². The van der Waals surface area contributed by atoms with Gasteiger partial charge < -0.3 is 5.32 Å². The van der Waals surface area contributed by atoms with Crippen LogP contribution in [0.3, 0.4) is 0 Å². The molecular formula is C14H14ClN3O. The smallest absolute Gasteiger partial charge is 0.276 e. The summed E-state index contributed by atoms with van der Waals surface area (Å²) < 4.78 is 0. The lowest BCUT2D eigenvalue weighted by atomic mass is 10.1. The molecule has 1 aliphatic rings. The molecule has 3 rings (SSSR count). The number of nitrogens with one attached hydrogen (secondary N) is 2. The number of benzene rings is 1. The van der Waals surface area contributed by atoms with Crippen LogP contribution < -0.4 is 5.32 Å². The van der Waals surface area contributed by atoms with Gasteiger partial charge in [0.15, 0.2) is 5.69 Å². The fourth-order valence-electron chi connectivity index (χ4n) is 2.42. The van der Waals surface area contributed by atoms with Gasteiger partial charge in [-0.25, -0.2) is 0 Å². The minimum Gasteiger partial charge on any atom is -0.320 e. The minimum absolute atomic E-state index is 0.176. The van der Waals surface area contributed by atoms with E-state index in [1.165, 1.54) is 0 Å². The molecule has 0 aliphatic heterocycles. The van der Waals surface area contributed by atoms with E-state index in [1.807, 2.05) is 13.0 Å². The van der Waals surface area contributed by atoms with Gasteiger partial charge in [-0.2, -0.15) is 5.10 Å². The van der Waals surface area contributed by atoms with Crippen molar-refractivity contribution in [3.8, 4) is 0 Å². The lowest BCUT2D eigenvalue weighted by Gasteiger charge is -2.08. The van der Waals surface area contributed by atoms with Crippen LogP contribution in [0.2, 0.25) is 5.02 Å². The number of carbonyl (C=O) groups is 1. The summed E-state index contributed by atoms with van der Waals surface area (Å²) in [6.45, 7) is 1.93. The number of nitrogens with zero attached hydrogens (tertiary/aromatic N) is 1. The lowest BCUT2D eigenvalue weighted by Crippen LogP contribution is -2.15. The second-order valence-electron chi connectivity index (χ2n) is 4.80. The van der Waals surface area contributed by atoms with Gasteiger partial charge >= 0.3 is 0 Å². The molecule has 19 heavy (non-hydrogen) atoms. The number of anilines is 1. The molecule has 1 heterocycles. The van der Waals surface area contributed by atoms with Gasteiger partial charge in [0.05, 0.1) is 0 Å². The number of aromatic nitrogens is 2. The number of hydrogen-bond acceptors (Lipinski definition) is 2. The number of amides is 1. The summed E-state index contributed by atoms with van der Waals surface area (Å²) in [7, 11) is 0. The maximum Gasteiger partial charge on any atom is 0.276 e. The van der Waals surface area contributed by atoms with Crippen molar-refractivity contribution in [1.29, 1.82) is 0 Å². The number of aryl methyl sites for hydroxylation is 2. The van der Waals surface area contributed by atoms with Crippen molar-refractivity contribution < 1.29 is 4.79 Å². The molecule has 0 fully saturated rings. The van der Waals surface area contributed by atoms with Crippen LogP contribution in [0.1, 0.15) is 33.7 Å². The first kappa shape index (κ1) is 12.2. The minimum atomic E-state index is -0.176. The second-order valence-corrected chi connectivity index (χ2v) is 5.23. The Kier molecular flexibility index (Phi) is 3.03. The zero-order valence-electron chi connectivity index (χ0n) is 10.6. The van der Waals surface area contributed by atoms with Crippen LogP contribution in [0.15, 0.2) is 18.2 Å². The largest absolute Gasteiger partial charge is 0.320 e. The number of carbonyl (C=O) groups excluding carboxylic acids is 1. The Bertz CT molecular complexity index is 648. The summed E-state index contributed by atoms with van der Waals surface area (Å²) in [5.41, 5.74) is 4.36. The van der Waals surface area contributed by atoms with Crippen LogP contribution in [0.4, 0.5) is 5.69 Å². The number of hydrogen-bond donors (Lipinski definition) is 2. The maximum absolute atomic E-state index is 12.3. The van der Waals surface area contributed by atoms with E-state index in [2.05, 4.69) is 15.5 Å². The highest BCUT2D eigenvalue weighted by Crippen LogP contribution is 2.25. The molecule has 0 atom stereocenters. The van der Waals surface area contributed by atoms with Gasteiger partial charge in [-0.1, -0.05) is 17.7 Å². The van der Waals surface area contributed by atoms with Crippen LogP contribution in [0, 0.1) is 6.92 Å². The molecule has 1 amide bonds. The Balaban J connectivity index is 1.87. The molecule has 98 valence electrons. The van der Waals surface area contributed by atoms with Gasteiger partial charge in [-0.15, -0.1) is 0 Å². The van der Waals surface area contributed by atoms with Crippen LogP contribution >= 0.6 is 11.6 Å². The van der Waals surface area contributed by atoms with Gasteiger partial charge in [0.2, 0.25) is 0 Å². The van der Waals surface area contributed by atoms with Gasteiger partial charge in [0, 0.05) is 22.0 Å². The molecule has 0 unspecified atom stereocenters. The standard InChI is InChI=1S/C14H14ClN3O/c1-8-5-6-9(15)7-12(8)16-14(19)13-10-3-2-4-11(10)17-18-13/h5-7H,2-4H2,1H3,(H,16,19)(H,17,18). The molecule has 0 saturated heterocycles. The zero-order valence-corrected chi connectivity index (χ0v) is 11.3. The van der Waals surface area contributed by atoms with Crippen molar-refractivity contribution in [3.63, 3.8) is 0 Å². The summed E-state index contributed by atoms with van der Waals surface area (Å²) in [5.74, 6) is -0.176. The van der Waals surface area contributed by atoms with Gasteiger partial charge in [0.1, 0.15) is 0 Å². The predicted octanol–water partition coefficient (Wildman–Crippen LogP) is 3.11. The van der Waals surface area contributed by atoms with Crippen molar-refractivity contribution in [2.45, 2.75) is 26.2 Å². The van der Waals surface area contributed by atoms with E-state index in [0.29, 0.717) is 10.7 Å². The van der Waals surface area contributed by atoms with E-state index in [-0.39, 0.29) is 5.91 Å². The molecule has 0 bridgehead atoms. The predicted molar refractivity (Wildman–Crippen MR) is 74.8 cm³/mol.